The number of benzene rings is 1. The number of hydrogen-bond donors (Lipinski definition) is 2. The van der Waals surface area contributed by atoms with Gasteiger partial charge in [0.25, 0.3) is 0 Å². The van der Waals surface area contributed by atoms with E-state index >= 15 is 0 Å². The number of nitrogens with one attached hydrogen (secondary N) is 2. The molecule has 2 aromatic rings. The standard InChI is InChI=1S/C22H33N5O3/c1-7-23-21(29)26(11-12-30-6)15-20(28)24-19-14-18(22(3,4)5)25-27(19)17-10-8-9-16(2)13-17/h8-10,13-14H,7,11-12,15H2,1-6H3,(H,23,29)(H,24,28). The molecule has 0 saturated carbocycles. The van der Waals surface area contributed by atoms with Crippen LogP contribution in [0.5, 0.6) is 0 Å². The van der Waals surface area contributed by atoms with Crippen molar-refractivity contribution < 1.29 is 14.3 Å². The van der Waals surface area contributed by atoms with Gasteiger partial charge in [0, 0.05) is 31.7 Å². The summed E-state index contributed by atoms with van der Waals surface area (Å²) >= 11 is 0. The maximum absolute atomic E-state index is 12.8. The molecule has 1 aromatic carbocycles. The Morgan fingerprint density at radius 3 is 2.57 bits per heavy atom. The summed E-state index contributed by atoms with van der Waals surface area (Å²) in [6, 6.07) is 9.50. The minimum absolute atomic E-state index is 0.0843. The third-order valence-corrected chi connectivity index (χ3v) is 4.51. The number of rotatable bonds is 8. The lowest BCUT2D eigenvalue weighted by Gasteiger charge is -2.22. The molecule has 0 aliphatic rings. The maximum Gasteiger partial charge on any atom is 0.317 e. The fourth-order valence-corrected chi connectivity index (χ4v) is 2.87. The largest absolute Gasteiger partial charge is 0.383 e. The van der Waals surface area contributed by atoms with E-state index in [2.05, 4.69) is 31.4 Å². The van der Waals surface area contributed by atoms with E-state index in [0.29, 0.717) is 25.5 Å². The van der Waals surface area contributed by atoms with Gasteiger partial charge in [0.1, 0.15) is 12.4 Å². The molecule has 0 unspecified atom stereocenters. The number of carbonyl (C=O) groups is 2. The zero-order valence-electron chi connectivity index (χ0n) is 18.8. The fraction of sp³-hybridized carbons (Fsp3) is 0.500. The number of anilines is 1. The summed E-state index contributed by atoms with van der Waals surface area (Å²) in [5.74, 6) is 0.268. The van der Waals surface area contributed by atoms with Crippen LogP contribution >= 0.6 is 0 Å². The van der Waals surface area contributed by atoms with E-state index in [1.807, 2.05) is 44.2 Å². The Bertz CT molecular complexity index is 870. The van der Waals surface area contributed by atoms with Gasteiger partial charge in [-0.2, -0.15) is 5.10 Å². The predicted octanol–water partition coefficient (Wildman–Crippen LogP) is 3.09. The highest BCUT2D eigenvalue weighted by atomic mass is 16.5. The lowest BCUT2D eigenvalue weighted by atomic mass is 9.92. The molecular weight excluding hydrogens is 382 g/mol. The minimum atomic E-state index is -0.299. The summed E-state index contributed by atoms with van der Waals surface area (Å²) in [6.45, 7) is 11.1. The second-order valence-corrected chi connectivity index (χ2v) is 8.21. The number of carbonyl (C=O) groups excluding carboxylic acids is 2. The maximum atomic E-state index is 12.8. The van der Waals surface area contributed by atoms with E-state index in [-0.39, 0.29) is 23.9 Å². The van der Waals surface area contributed by atoms with Crippen LogP contribution in [-0.2, 0) is 14.9 Å². The molecule has 30 heavy (non-hydrogen) atoms. The van der Waals surface area contributed by atoms with E-state index < -0.39 is 0 Å². The number of urea groups is 1. The van der Waals surface area contributed by atoms with Gasteiger partial charge in [-0.15, -0.1) is 0 Å². The highest BCUT2D eigenvalue weighted by molar-refractivity contribution is 5.94. The molecule has 2 rings (SSSR count). The van der Waals surface area contributed by atoms with Crippen LogP contribution in [0.1, 0.15) is 39.0 Å². The van der Waals surface area contributed by atoms with Crippen molar-refractivity contribution in [3.8, 4) is 5.69 Å². The van der Waals surface area contributed by atoms with Crippen molar-refractivity contribution in [2.24, 2.45) is 0 Å². The van der Waals surface area contributed by atoms with Gasteiger partial charge < -0.3 is 20.3 Å². The number of aromatic nitrogens is 2. The summed E-state index contributed by atoms with van der Waals surface area (Å²) in [5, 5.41) is 10.4. The number of ether oxygens (including phenoxy) is 1. The van der Waals surface area contributed by atoms with Gasteiger partial charge in [-0.25, -0.2) is 9.48 Å². The van der Waals surface area contributed by atoms with Crippen LogP contribution < -0.4 is 10.6 Å². The number of amides is 3. The molecule has 0 atom stereocenters. The quantitative estimate of drug-likeness (QED) is 0.693. The van der Waals surface area contributed by atoms with Crippen LogP contribution in [0, 0.1) is 6.92 Å². The Morgan fingerprint density at radius 2 is 1.97 bits per heavy atom. The third-order valence-electron chi connectivity index (χ3n) is 4.51. The molecule has 1 aromatic heterocycles. The van der Waals surface area contributed by atoms with Crippen molar-refractivity contribution in [1.29, 1.82) is 0 Å². The van der Waals surface area contributed by atoms with Crippen LogP contribution in [0.4, 0.5) is 10.6 Å². The normalized spacial score (nSPS) is 11.3. The summed E-state index contributed by atoms with van der Waals surface area (Å²) in [5.41, 5.74) is 2.64. The van der Waals surface area contributed by atoms with Gasteiger partial charge >= 0.3 is 6.03 Å². The number of methoxy groups -OCH3 is 1. The van der Waals surface area contributed by atoms with E-state index in [1.54, 1.807) is 11.8 Å². The first-order chi connectivity index (χ1) is 14.2. The Labute approximate surface area is 178 Å². The highest BCUT2D eigenvalue weighted by Gasteiger charge is 2.23. The molecule has 0 bridgehead atoms. The Hall–Kier alpha value is -2.87. The zero-order valence-corrected chi connectivity index (χ0v) is 18.8. The monoisotopic (exact) mass is 415 g/mol. The molecule has 0 aliphatic heterocycles. The summed E-state index contributed by atoms with van der Waals surface area (Å²) in [7, 11) is 1.56. The minimum Gasteiger partial charge on any atom is -0.383 e. The molecule has 164 valence electrons. The summed E-state index contributed by atoms with van der Waals surface area (Å²) in [6.07, 6.45) is 0. The van der Waals surface area contributed by atoms with E-state index in [4.69, 9.17) is 9.84 Å². The van der Waals surface area contributed by atoms with Gasteiger partial charge in [0.05, 0.1) is 18.0 Å². The molecular formula is C22H33N5O3. The predicted molar refractivity (Wildman–Crippen MR) is 118 cm³/mol. The molecule has 0 spiro atoms. The van der Waals surface area contributed by atoms with Crippen molar-refractivity contribution >= 4 is 17.8 Å². The lowest BCUT2D eigenvalue weighted by molar-refractivity contribution is -0.116. The van der Waals surface area contributed by atoms with E-state index in [9.17, 15) is 9.59 Å². The van der Waals surface area contributed by atoms with Crippen LogP contribution in [0.25, 0.3) is 5.69 Å². The first-order valence-electron chi connectivity index (χ1n) is 10.1. The van der Waals surface area contributed by atoms with Crippen molar-refractivity contribution in [3.05, 3.63) is 41.6 Å². The molecule has 0 aliphatic carbocycles. The smallest absolute Gasteiger partial charge is 0.317 e. The van der Waals surface area contributed by atoms with Gasteiger partial charge in [-0.05, 0) is 31.5 Å². The van der Waals surface area contributed by atoms with Crippen LogP contribution in [-0.4, -0.2) is 60.0 Å². The average Bonchev–Trinajstić information content (AvgIpc) is 3.09. The first-order valence-corrected chi connectivity index (χ1v) is 10.1. The van der Waals surface area contributed by atoms with Crippen molar-refractivity contribution in [1.82, 2.24) is 20.0 Å². The van der Waals surface area contributed by atoms with Gasteiger partial charge in [-0.3, -0.25) is 4.79 Å². The molecule has 0 radical (unpaired) electrons. The Kier molecular flexibility index (Phi) is 8.00. The number of nitrogens with zero attached hydrogens (tertiary/aromatic N) is 3. The van der Waals surface area contributed by atoms with Crippen molar-refractivity contribution in [3.63, 3.8) is 0 Å². The van der Waals surface area contributed by atoms with Crippen LogP contribution in [0.15, 0.2) is 30.3 Å². The molecule has 8 nitrogen and oxygen atoms in total. The van der Waals surface area contributed by atoms with Gasteiger partial charge in [0.15, 0.2) is 0 Å². The second-order valence-electron chi connectivity index (χ2n) is 8.21. The molecule has 2 N–H and O–H groups in total. The summed E-state index contributed by atoms with van der Waals surface area (Å²) < 4.78 is 6.80. The van der Waals surface area contributed by atoms with Crippen molar-refractivity contribution in [2.75, 3.05) is 38.7 Å². The topological polar surface area (TPSA) is 88.5 Å². The molecule has 1 heterocycles. The number of aryl methyl sites for hydroxylation is 1. The zero-order chi connectivity index (χ0) is 22.3. The highest BCUT2D eigenvalue weighted by Crippen LogP contribution is 2.26. The molecule has 3 amide bonds. The van der Waals surface area contributed by atoms with E-state index in [0.717, 1.165) is 16.9 Å². The SMILES string of the molecule is CCNC(=O)N(CCOC)CC(=O)Nc1cc(C(C)(C)C)nn1-c1cccc(C)c1. The second kappa shape index (κ2) is 10.2. The first kappa shape index (κ1) is 23.4. The number of hydrogen-bond acceptors (Lipinski definition) is 4. The Morgan fingerprint density at radius 1 is 1.23 bits per heavy atom. The van der Waals surface area contributed by atoms with Crippen molar-refractivity contribution in [2.45, 2.75) is 40.0 Å². The molecule has 0 fully saturated rings. The summed E-state index contributed by atoms with van der Waals surface area (Å²) in [4.78, 5) is 26.5. The van der Waals surface area contributed by atoms with Gasteiger partial charge in [-0.1, -0.05) is 32.9 Å². The van der Waals surface area contributed by atoms with E-state index in [1.165, 1.54) is 4.90 Å². The van der Waals surface area contributed by atoms with Crippen LogP contribution in [0.2, 0.25) is 0 Å². The third kappa shape index (κ3) is 6.32. The fourth-order valence-electron chi connectivity index (χ4n) is 2.87. The lowest BCUT2D eigenvalue weighted by Crippen LogP contribution is -2.45. The van der Waals surface area contributed by atoms with Crippen LogP contribution in [0.3, 0.4) is 0 Å². The van der Waals surface area contributed by atoms with Gasteiger partial charge in [0.2, 0.25) is 5.91 Å². The Balaban J connectivity index is 2.28. The molecule has 8 heteroatoms. The molecule has 0 saturated heterocycles. The average molecular weight is 416 g/mol.